The van der Waals surface area contributed by atoms with E-state index in [0.717, 1.165) is 16.0 Å². The first-order chi connectivity index (χ1) is 10.5. The van der Waals surface area contributed by atoms with E-state index in [1.807, 2.05) is 42.6 Å². The summed E-state index contributed by atoms with van der Waals surface area (Å²) in [5.41, 5.74) is 2.59. The maximum absolute atomic E-state index is 12.4. The van der Waals surface area contributed by atoms with Gasteiger partial charge in [0.25, 0.3) is 10.0 Å². The van der Waals surface area contributed by atoms with E-state index >= 15 is 0 Å². The maximum Gasteiger partial charge on any atom is 0.261 e. The normalized spacial score (nSPS) is 11.3. The van der Waals surface area contributed by atoms with Crippen LogP contribution in [0.15, 0.2) is 70.9 Å². The lowest BCUT2D eigenvalue weighted by Crippen LogP contribution is -2.12. The summed E-state index contributed by atoms with van der Waals surface area (Å²) in [5.74, 6) is 0. The highest BCUT2D eigenvalue weighted by Gasteiger charge is 2.14. The molecule has 0 aliphatic heterocycles. The van der Waals surface area contributed by atoms with Gasteiger partial charge in [0.1, 0.15) is 0 Å². The van der Waals surface area contributed by atoms with E-state index in [0.29, 0.717) is 5.69 Å². The first kappa shape index (κ1) is 14.8. The molecule has 2 aromatic carbocycles. The van der Waals surface area contributed by atoms with E-state index in [1.54, 1.807) is 41.7 Å². The molecule has 3 aromatic rings. The molecule has 1 N–H and O–H groups in total. The fraction of sp³-hybridized carbons (Fsp3) is 0.0588. The number of thiophene rings is 1. The number of anilines is 1. The topological polar surface area (TPSA) is 46.2 Å². The summed E-state index contributed by atoms with van der Waals surface area (Å²) < 4.78 is 27.4. The third kappa shape index (κ3) is 3.21. The number of benzene rings is 2. The fourth-order valence-electron chi connectivity index (χ4n) is 2.11. The van der Waals surface area contributed by atoms with Crippen molar-refractivity contribution in [3.63, 3.8) is 0 Å². The van der Waals surface area contributed by atoms with Crippen molar-refractivity contribution >= 4 is 27.0 Å². The van der Waals surface area contributed by atoms with Gasteiger partial charge in [-0.15, -0.1) is 11.3 Å². The SMILES string of the molecule is Cc1ccc(S(=O)(=O)Nc2cccc(-c3cccs3)c2)cc1. The number of rotatable bonds is 4. The summed E-state index contributed by atoms with van der Waals surface area (Å²) in [4.78, 5) is 1.37. The maximum atomic E-state index is 12.4. The van der Waals surface area contributed by atoms with Crippen molar-refractivity contribution in [2.75, 3.05) is 4.72 Å². The molecule has 0 atom stereocenters. The van der Waals surface area contributed by atoms with Crippen molar-refractivity contribution in [2.45, 2.75) is 11.8 Å². The van der Waals surface area contributed by atoms with Gasteiger partial charge in [-0.25, -0.2) is 8.42 Å². The lowest BCUT2D eigenvalue weighted by Gasteiger charge is -2.09. The van der Waals surface area contributed by atoms with Crippen molar-refractivity contribution in [1.82, 2.24) is 0 Å². The molecule has 3 rings (SSSR count). The Balaban J connectivity index is 1.89. The Morgan fingerprint density at radius 2 is 1.73 bits per heavy atom. The van der Waals surface area contributed by atoms with Crippen molar-refractivity contribution in [3.05, 3.63) is 71.6 Å². The summed E-state index contributed by atoms with van der Waals surface area (Å²) >= 11 is 1.62. The molecule has 112 valence electrons. The molecular formula is C17H15NO2S2. The molecule has 22 heavy (non-hydrogen) atoms. The quantitative estimate of drug-likeness (QED) is 0.764. The Bertz CT molecular complexity index is 867. The highest BCUT2D eigenvalue weighted by molar-refractivity contribution is 7.92. The average Bonchev–Trinajstić information content (AvgIpc) is 3.02. The van der Waals surface area contributed by atoms with Crippen LogP contribution in [0.1, 0.15) is 5.56 Å². The van der Waals surface area contributed by atoms with Crippen molar-refractivity contribution in [3.8, 4) is 10.4 Å². The Morgan fingerprint density at radius 1 is 0.955 bits per heavy atom. The number of hydrogen-bond donors (Lipinski definition) is 1. The Hall–Kier alpha value is -2.11. The van der Waals surface area contributed by atoms with Crippen LogP contribution in [0.4, 0.5) is 5.69 Å². The van der Waals surface area contributed by atoms with Crippen LogP contribution in [0.2, 0.25) is 0 Å². The molecule has 0 aliphatic rings. The minimum Gasteiger partial charge on any atom is -0.280 e. The number of sulfonamides is 1. The third-order valence-electron chi connectivity index (χ3n) is 3.25. The Labute approximate surface area is 134 Å². The van der Waals surface area contributed by atoms with Crippen LogP contribution in [-0.2, 0) is 10.0 Å². The van der Waals surface area contributed by atoms with Crippen LogP contribution in [0.25, 0.3) is 10.4 Å². The summed E-state index contributed by atoms with van der Waals surface area (Å²) in [7, 11) is -3.56. The van der Waals surface area contributed by atoms with Crippen LogP contribution >= 0.6 is 11.3 Å². The summed E-state index contributed by atoms with van der Waals surface area (Å²) in [6.07, 6.45) is 0. The molecule has 0 saturated heterocycles. The second kappa shape index (κ2) is 5.94. The van der Waals surface area contributed by atoms with Crippen LogP contribution in [0, 0.1) is 6.92 Å². The fourth-order valence-corrected chi connectivity index (χ4v) is 3.88. The lowest BCUT2D eigenvalue weighted by atomic mass is 10.2. The van der Waals surface area contributed by atoms with E-state index in [1.165, 1.54) is 0 Å². The second-order valence-corrected chi connectivity index (χ2v) is 7.61. The molecule has 0 bridgehead atoms. The van der Waals surface area contributed by atoms with Gasteiger partial charge in [-0.1, -0.05) is 35.9 Å². The largest absolute Gasteiger partial charge is 0.280 e. The van der Waals surface area contributed by atoms with Gasteiger partial charge in [0, 0.05) is 10.6 Å². The number of hydrogen-bond acceptors (Lipinski definition) is 3. The first-order valence-corrected chi connectivity index (χ1v) is 9.14. The van der Waals surface area contributed by atoms with Crippen molar-refractivity contribution in [2.24, 2.45) is 0 Å². The highest BCUT2D eigenvalue weighted by atomic mass is 32.2. The van der Waals surface area contributed by atoms with E-state index in [9.17, 15) is 8.42 Å². The highest BCUT2D eigenvalue weighted by Crippen LogP contribution is 2.27. The standard InChI is InChI=1S/C17H15NO2S2/c1-13-7-9-16(10-8-13)22(19,20)18-15-5-2-4-14(12-15)17-6-3-11-21-17/h2-12,18H,1H3. The molecule has 1 aromatic heterocycles. The Kier molecular flexibility index (Phi) is 4.00. The van der Waals surface area contributed by atoms with Gasteiger partial charge in [0.05, 0.1) is 4.90 Å². The molecule has 0 amide bonds. The van der Waals surface area contributed by atoms with Gasteiger partial charge in [0.15, 0.2) is 0 Å². The lowest BCUT2D eigenvalue weighted by molar-refractivity contribution is 0.601. The minimum absolute atomic E-state index is 0.264. The molecule has 0 radical (unpaired) electrons. The monoisotopic (exact) mass is 329 g/mol. The summed E-state index contributed by atoms with van der Waals surface area (Å²) in [6.45, 7) is 1.92. The smallest absolute Gasteiger partial charge is 0.261 e. The number of aryl methyl sites for hydroxylation is 1. The molecule has 0 aliphatic carbocycles. The van der Waals surface area contributed by atoms with E-state index in [4.69, 9.17) is 0 Å². The third-order valence-corrected chi connectivity index (χ3v) is 5.57. The van der Waals surface area contributed by atoms with Gasteiger partial charge in [0.2, 0.25) is 0 Å². The molecule has 3 nitrogen and oxygen atoms in total. The van der Waals surface area contributed by atoms with Crippen molar-refractivity contribution in [1.29, 1.82) is 0 Å². The number of nitrogens with one attached hydrogen (secondary N) is 1. The Morgan fingerprint density at radius 3 is 2.41 bits per heavy atom. The predicted molar refractivity (Wildman–Crippen MR) is 91.7 cm³/mol. The van der Waals surface area contributed by atoms with Gasteiger partial charge in [-0.2, -0.15) is 0 Å². The average molecular weight is 329 g/mol. The van der Waals surface area contributed by atoms with Crippen LogP contribution in [-0.4, -0.2) is 8.42 Å². The molecule has 0 unspecified atom stereocenters. The predicted octanol–water partition coefficient (Wildman–Crippen LogP) is 4.52. The molecule has 0 saturated carbocycles. The van der Waals surface area contributed by atoms with Crippen LogP contribution in [0.5, 0.6) is 0 Å². The van der Waals surface area contributed by atoms with E-state index < -0.39 is 10.0 Å². The minimum atomic E-state index is -3.56. The zero-order valence-corrected chi connectivity index (χ0v) is 13.6. The zero-order chi connectivity index (χ0) is 15.6. The van der Waals surface area contributed by atoms with Crippen molar-refractivity contribution < 1.29 is 8.42 Å². The molecule has 1 heterocycles. The van der Waals surface area contributed by atoms with Gasteiger partial charge >= 0.3 is 0 Å². The van der Waals surface area contributed by atoms with E-state index in [-0.39, 0.29) is 4.90 Å². The molecule has 0 spiro atoms. The summed E-state index contributed by atoms with van der Waals surface area (Å²) in [5, 5.41) is 2.00. The molecule has 0 fully saturated rings. The zero-order valence-electron chi connectivity index (χ0n) is 12.0. The van der Waals surface area contributed by atoms with E-state index in [2.05, 4.69) is 4.72 Å². The first-order valence-electron chi connectivity index (χ1n) is 6.78. The summed E-state index contributed by atoms with van der Waals surface area (Å²) in [6, 6.07) is 18.2. The van der Waals surface area contributed by atoms with Crippen LogP contribution in [0.3, 0.4) is 0 Å². The molecule has 5 heteroatoms. The van der Waals surface area contributed by atoms with Gasteiger partial charge in [-0.05, 0) is 48.2 Å². The molecular weight excluding hydrogens is 314 g/mol. The second-order valence-electron chi connectivity index (χ2n) is 4.98. The van der Waals surface area contributed by atoms with Gasteiger partial charge in [-0.3, -0.25) is 4.72 Å². The van der Waals surface area contributed by atoms with Gasteiger partial charge < -0.3 is 0 Å². The van der Waals surface area contributed by atoms with Crippen LogP contribution < -0.4 is 4.72 Å².